The van der Waals surface area contributed by atoms with Crippen molar-refractivity contribution in [2.75, 3.05) is 5.32 Å². The maximum Gasteiger partial charge on any atom is 0.273 e. The summed E-state index contributed by atoms with van der Waals surface area (Å²) < 4.78 is 14.4. The molecule has 6 nitrogen and oxygen atoms in total. The van der Waals surface area contributed by atoms with E-state index in [4.69, 9.17) is 0 Å². The first-order valence-electron chi connectivity index (χ1n) is 7.23. The van der Waals surface area contributed by atoms with Crippen molar-refractivity contribution in [3.63, 3.8) is 0 Å². The molecule has 122 valence electrons. The van der Waals surface area contributed by atoms with Gasteiger partial charge in [0.15, 0.2) is 0 Å². The third kappa shape index (κ3) is 2.96. The summed E-state index contributed by atoms with van der Waals surface area (Å²) in [7, 11) is 0. The van der Waals surface area contributed by atoms with E-state index in [1.807, 2.05) is 0 Å². The second-order valence-corrected chi connectivity index (χ2v) is 5.39. The Hall–Kier alpha value is -3.22. The number of hydrogen-bond acceptors (Lipinski definition) is 3. The van der Waals surface area contributed by atoms with Gasteiger partial charge in [0, 0.05) is 5.69 Å². The fourth-order valence-corrected chi connectivity index (χ4v) is 2.37. The van der Waals surface area contributed by atoms with Gasteiger partial charge in [-0.25, -0.2) is 9.07 Å². The number of aromatic amines is 1. The summed E-state index contributed by atoms with van der Waals surface area (Å²) in [4.78, 5) is 36.4. The molecule has 0 saturated carbocycles. The van der Waals surface area contributed by atoms with Gasteiger partial charge in [0.2, 0.25) is 5.91 Å². The number of nitrogens with one attached hydrogen (secondary N) is 2. The molecule has 0 fully saturated rings. The molecule has 0 spiro atoms. The van der Waals surface area contributed by atoms with Crippen LogP contribution in [0.2, 0.25) is 0 Å². The summed E-state index contributed by atoms with van der Waals surface area (Å²) >= 11 is 0. The minimum Gasteiger partial charge on any atom is -0.324 e. The molecule has 2 aromatic carbocycles. The highest BCUT2D eigenvalue weighted by Gasteiger charge is 2.10. The Labute approximate surface area is 135 Å². The maximum absolute atomic E-state index is 13.5. The lowest BCUT2D eigenvalue weighted by atomic mass is 10.2. The zero-order valence-corrected chi connectivity index (χ0v) is 12.8. The van der Waals surface area contributed by atoms with E-state index in [2.05, 4.69) is 10.4 Å². The van der Waals surface area contributed by atoms with E-state index in [1.165, 1.54) is 24.3 Å². The summed E-state index contributed by atoms with van der Waals surface area (Å²) in [6, 6.07) is 10.6. The molecule has 3 aromatic rings. The van der Waals surface area contributed by atoms with Gasteiger partial charge in [0.25, 0.3) is 11.1 Å². The van der Waals surface area contributed by atoms with Crippen LogP contribution in [0.15, 0.2) is 52.1 Å². The van der Waals surface area contributed by atoms with Crippen molar-refractivity contribution in [1.29, 1.82) is 0 Å². The van der Waals surface area contributed by atoms with Crippen molar-refractivity contribution in [2.24, 2.45) is 0 Å². The predicted molar refractivity (Wildman–Crippen MR) is 88.6 cm³/mol. The maximum atomic E-state index is 13.5. The standard InChI is InChI=1S/C17H14FN3O3/c1-10-6-7-11(8-14(10)18)19-15(22)9-21-17(24)13-5-3-2-4-12(13)16(23)20-21/h2-8H,9H2,1H3,(H,19,22)(H,20,23). The molecule has 0 saturated heterocycles. The van der Waals surface area contributed by atoms with Crippen LogP contribution in [0.5, 0.6) is 0 Å². The molecule has 0 radical (unpaired) electrons. The van der Waals surface area contributed by atoms with Gasteiger partial charge in [-0.05, 0) is 36.8 Å². The molecule has 3 rings (SSSR count). The molecule has 0 atom stereocenters. The Bertz CT molecular complexity index is 1050. The van der Waals surface area contributed by atoms with Gasteiger partial charge in [-0.15, -0.1) is 0 Å². The fraction of sp³-hybridized carbons (Fsp3) is 0.118. The lowest BCUT2D eigenvalue weighted by Crippen LogP contribution is -2.34. The van der Waals surface area contributed by atoms with E-state index >= 15 is 0 Å². The van der Waals surface area contributed by atoms with E-state index in [1.54, 1.807) is 25.1 Å². The molecule has 0 bridgehead atoms. The third-order valence-electron chi connectivity index (χ3n) is 3.64. The average molecular weight is 327 g/mol. The monoisotopic (exact) mass is 327 g/mol. The van der Waals surface area contributed by atoms with Crippen molar-refractivity contribution in [3.05, 3.63) is 74.6 Å². The van der Waals surface area contributed by atoms with Gasteiger partial charge in [-0.1, -0.05) is 18.2 Å². The van der Waals surface area contributed by atoms with Crippen LogP contribution < -0.4 is 16.4 Å². The summed E-state index contributed by atoms with van der Waals surface area (Å²) in [5.74, 6) is -0.990. The zero-order chi connectivity index (χ0) is 17.3. The molecular weight excluding hydrogens is 313 g/mol. The molecule has 24 heavy (non-hydrogen) atoms. The predicted octanol–water partition coefficient (Wildman–Crippen LogP) is 1.78. The second-order valence-electron chi connectivity index (χ2n) is 5.39. The number of aromatic nitrogens is 2. The minimum atomic E-state index is -0.550. The third-order valence-corrected chi connectivity index (χ3v) is 3.64. The van der Waals surface area contributed by atoms with Crippen molar-refractivity contribution in [1.82, 2.24) is 9.78 Å². The summed E-state index contributed by atoms with van der Waals surface area (Å²) in [6.45, 7) is 1.23. The van der Waals surface area contributed by atoms with Crippen molar-refractivity contribution >= 4 is 22.4 Å². The minimum absolute atomic E-state index is 0.232. The molecule has 1 aromatic heterocycles. The van der Waals surface area contributed by atoms with Crippen LogP contribution in [0.25, 0.3) is 10.8 Å². The number of benzene rings is 2. The number of aryl methyl sites for hydroxylation is 1. The van der Waals surface area contributed by atoms with Gasteiger partial charge in [-0.3, -0.25) is 19.5 Å². The Kier molecular flexibility index (Phi) is 3.99. The molecule has 2 N–H and O–H groups in total. The van der Waals surface area contributed by atoms with Gasteiger partial charge in [0.1, 0.15) is 12.4 Å². The number of rotatable bonds is 3. The number of H-pyrrole nitrogens is 1. The normalized spacial score (nSPS) is 10.8. The highest BCUT2D eigenvalue weighted by atomic mass is 19.1. The Morgan fingerprint density at radius 3 is 2.58 bits per heavy atom. The molecule has 1 amide bonds. The Balaban J connectivity index is 1.88. The highest BCUT2D eigenvalue weighted by molar-refractivity contribution is 5.90. The highest BCUT2D eigenvalue weighted by Crippen LogP contribution is 2.13. The largest absolute Gasteiger partial charge is 0.324 e. The number of anilines is 1. The van der Waals surface area contributed by atoms with Gasteiger partial charge >= 0.3 is 0 Å². The smallest absolute Gasteiger partial charge is 0.273 e. The van der Waals surface area contributed by atoms with Crippen LogP contribution in [0.4, 0.5) is 10.1 Å². The van der Waals surface area contributed by atoms with Gasteiger partial charge < -0.3 is 5.32 Å². The number of amides is 1. The molecule has 1 heterocycles. The van der Waals surface area contributed by atoms with E-state index < -0.39 is 22.8 Å². The first kappa shape index (κ1) is 15.7. The number of nitrogens with zero attached hydrogens (tertiary/aromatic N) is 1. The van der Waals surface area contributed by atoms with Crippen molar-refractivity contribution in [2.45, 2.75) is 13.5 Å². The first-order valence-corrected chi connectivity index (χ1v) is 7.23. The number of fused-ring (bicyclic) bond motifs is 1. The lowest BCUT2D eigenvalue weighted by molar-refractivity contribution is -0.117. The molecule has 0 aliphatic carbocycles. The summed E-state index contributed by atoms with van der Waals surface area (Å²) in [5.41, 5.74) is -0.197. The number of carbonyl (C=O) groups is 1. The molecule has 0 aliphatic heterocycles. The molecule has 0 aliphatic rings. The quantitative estimate of drug-likeness (QED) is 0.769. The molecule has 7 heteroatoms. The van der Waals surface area contributed by atoms with Gasteiger partial charge in [0.05, 0.1) is 10.8 Å². The van der Waals surface area contributed by atoms with Gasteiger partial charge in [-0.2, -0.15) is 0 Å². The summed E-state index contributed by atoms with van der Waals surface area (Å²) in [5, 5.41) is 5.36. The van der Waals surface area contributed by atoms with Crippen LogP contribution in [0.1, 0.15) is 5.56 Å². The van der Waals surface area contributed by atoms with Crippen LogP contribution in [0.3, 0.4) is 0 Å². The van der Waals surface area contributed by atoms with E-state index in [-0.39, 0.29) is 23.0 Å². The van der Waals surface area contributed by atoms with E-state index in [0.717, 1.165) is 4.68 Å². The molecular formula is C17H14FN3O3. The molecule has 0 unspecified atom stereocenters. The van der Waals surface area contributed by atoms with Crippen LogP contribution in [-0.4, -0.2) is 15.7 Å². The van der Waals surface area contributed by atoms with Crippen LogP contribution in [0, 0.1) is 12.7 Å². The summed E-state index contributed by atoms with van der Waals surface area (Å²) in [6.07, 6.45) is 0. The van der Waals surface area contributed by atoms with Crippen LogP contribution in [-0.2, 0) is 11.3 Å². The zero-order valence-electron chi connectivity index (χ0n) is 12.8. The number of hydrogen-bond donors (Lipinski definition) is 2. The Morgan fingerprint density at radius 1 is 1.17 bits per heavy atom. The van der Waals surface area contributed by atoms with E-state index in [9.17, 15) is 18.8 Å². The lowest BCUT2D eigenvalue weighted by Gasteiger charge is -2.09. The second kappa shape index (κ2) is 6.11. The van der Waals surface area contributed by atoms with E-state index in [0.29, 0.717) is 5.56 Å². The first-order chi connectivity index (χ1) is 11.5. The number of carbonyl (C=O) groups excluding carboxylic acids is 1. The van der Waals surface area contributed by atoms with Crippen LogP contribution >= 0.6 is 0 Å². The SMILES string of the molecule is Cc1ccc(NC(=O)Cn2[nH]c(=O)c3ccccc3c2=O)cc1F. The fourth-order valence-electron chi connectivity index (χ4n) is 2.37. The topological polar surface area (TPSA) is 84.0 Å². The Morgan fingerprint density at radius 2 is 1.88 bits per heavy atom. The number of halogens is 1. The van der Waals surface area contributed by atoms with Crippen molar-refractivity contribution in [3.8, 4) is 0 Å². The average Bonchev–Trinajstić information content (AvgIpc) is 2.56. The van der Waals surface area contributed by atoms with Crippen molar-refractivity contribution < 1.29 is 9.18 Å².